The summed E-state index contributed by atoms with van der Waals surface area (Å²) in [6, 6.07) is 0. The predicted octanol–water partition coefficient (Wildman–Crippen LogP) is 3.55. The van der Waals surface area contributed by atoms with Crippen LogP contribution in [0.3, 0.4) is 0 Å². The van der Waals surface area contributed by atoms with Crippen LogP contribution in [-0.2, 0) is 6.42 Å². The lowest BCUT2D eigenvalue weighted by Gasteiger charge is -2.01. The highest BCUT2D eigenvalue weighted by atomic mass is 32.1. The summed E-state index contributed by atoms with van der Waals surface area (Å²) in [4.78, 5) is 16.2. The van der Waals surface area contributed by atoms with Crippen molar-refractivity contribution in [2.24, 2.45) is 11.3 Å². The molecule has 1 N–H and O–H groups in total. The summed E-state index contributed by atoms with van der Waals surface area (Å²) in [6.07, 6.45) is 1.88. The van der Waals surface area contributed by atoms with Crippen molar-refractivity contribution in [3.8, 4) is 0 Å². The third-order valence-corrected chi connectivity index (χ3v) is 4.52. The second-order valence-electron chi connectivity index (χ2n) is 5.98. The zero-order valence-corrected chi connectivity index (χ0v) is 11.6. The summed E-state index contributed by atoms with van der Waals surface area (Å²) in [5.74, 6) is 0.0737. The summed E-state index contributed by atoms with van der Waals surface area (Å²) in [7, 11) is 0. The molecule has 1 unspecified atom stereocenters. The van der Waals surface area contributed by atoms with E-state index in [-0.39, 0.29) is 0 Å². The van der Waals surface area contributed by atoms with Crippen LogP contribution in [0.1, 0.15) is 60.4 Å². The number of carboxylic acid groups (broad SMARTS) is 1. The Labute approximate surface area is 106 Å². The summed E-state index contributed by atoms with van der Waals surface area (Å²) in [5.41, 5.74) is 1.08. The van der Waals surface area contributed by atoms with Gasteiger partial charge in [-0.05, 0) is 24.2 Å². The zero-order valence-electron chi connectivity index (χ0n) is 10.8. The molecule has 94 valence electrons. The highest BCUT2D eigenvalue weighted by Crippen LogP contribution is 2.59. The molecule has 1 heterocycles. The van der Waals surface area contributed by atoms with E-state index in [9.17, 15) is 9.90 Å². The van der Waals surface area contributed by atoms with Crippen LogP contribution >= 0.6 is 11.3 Å². The fourth-order valence-electron chi connectivity index (χ4n) is 2.10. The third-order valence-electron chi connectivity index (χ3n) is 3.32. The fraction of sp³-hybridized carbons (Fsp3) is 0.692. The molecule has 0 amide bonds. The Morgan fingerprint density at radius 1 is 1.59 bits per heavy atom. The van der Waals surface area contributed by atoms with Gasteiger partial charge in [0.05, 0.1) is 10.7 Å². The molecule has 1 aliphatic rings. The van der Waals surface area contributed by atoms with E-state index >= 15 is 0 Å². The molecule has 0 aromatic carbocycles. The first-order valence-electron chi connectivity index (χ1n) is 6.04. The lowest BCUT2D eigenvalue weighted by atomic mass is 10.1. The predicted molar refractivity (Wildman–Crippen MR) is 68.8 cm³/mol. The van der Waals surface area contributed by atoms with Crippen molar-refractivity contribution in [1.82, 2.24) is 4.98 Å². The molecule has 1 fully saturated rings. The lowest BCUT2D eigenvalue weighted by Crippen LogP contribution is -2.02. The van der Waals surface area contributed by atoms with Gasteiger partial charge in [-0.3, -0.25) is 0 Å². The van der Waals surface area contributed by atoms with Gasteiger partial charge < -0.3 is 5.11 Å². The van der Waals surface area contributed by atoms with E-state index in [2.05, 4.69) is 32.7 Å². The van der Waals surface area contributed by atoms with Gasteiger partial charge in [0.15, 0.2) is 0 Å². The molecule has 1 saturated carbocycles. The van der Waals surface area contributed by atoms with Crippen LogP contribution in [0.2, 0.25) is 0 Å². The number of aromatic nitrogens is 1. The Bertz CT molecular complexity index is 448. The number of carboxylic acids is 1. The average molecular weight is 253 g/mol. The quantitative estimate of drug-likeness (QED) is 0.892. The van der Waals surface area contributed by atoms with Crippen LogP contribution in [0.25, 0.3) is 0 Å². The molecule has 3 nitrogen and oxygen atoms in total. The molecule has 0 bridgehead atoms. The van der Waals surface area contributed by atoms with Crippen LogP contribution in [-0.4, -0.2) is 16.1 Å². The van der Waals surface area contributed by atoms with E-state index in [1.165, 1.54) is 11.3 Å². The van der Waals surface area contributed by atoms with Gasteiger partial charge in [-0.15, -0.1) is 11.3 Å². The van der Waals surface area contributed by atoms with Gasteiger partial charge in [-0.1, -0.05) is 27.7 Å². The van der Waals surface area contributed by atoms with Crippen molar-refractivity contribution < 1.29 is 9.90 Å². The van der Waals surface area contributed by atoms with Crippen LogP contribution in [0.4, 0.5) is 0 Å². The highest BCUT2D eigenvalue weighted by molar-refractivity contribution is 7.13. The van der Waals surface area contributed by atoms with Crippen LogP contribution in [0.15, 0.2) is 0 Å². The number of carbonyl (C=O) groups is 1. The first-order chi connectivity index (χ1) is 7.81. The molecule has 2 rings (SSSR count). The van der Waals surface area contributed by atoms with Crippen LogP contribution < -0.4 is 0 Å². The monoisotopic (exact) mass is 253 g/mol. The second-order valence-corrected chi connectivity index (χ2v) is 7.01. The SMILES string of the molecule is CC(C)Cc1nc(C2CC2(C)C)sc1C(=O)O. The third kappa shape index (κ3) is 2.51. The summed E-state index contributed by atoms with van der Waals surface area (Å²) >= 11 is 1.37. The Balaban J connectivity index is 2.28. The second kappa shape index (κ2) is 4.09. The molecule has 0 radical (unpaired) electrons. The molecule has 1 aromatic heterocycles. The molecule has 1 aliphatic carbocycles. The number of aromatic carboxylic acids is 1. The van der Waals surface area contributed by atoms with Crippen molar-refractivity contribution in [2.75, 3.05) is 0 Å². The Morgan fingerprint density at radius 2 is 2.18 bits per heavy atom. The van der Waals surface area contributed by atoms with Gasteiger partial charge in [0.25, 0.3) is 0 Å². The highest BCUT2D eigenvalue weighted by Gasteiger charge is 2.48. The minimum atomic E-state index is -0.831. The van der Waals surface area contributed by atoms with E-state index in [1.54, 1.807) is 0 Å². The van der Waals surface area contributed by atoms with Crippen LogP contribution in [0.5, 0.6) is 0 Å². The largest absolute Gasteiger partial charge is 0.477 e. The number of rotatable bonds is 4. The average Bonchev–Trinajstić information content (AvgIpc) is 2.65. The molecular formula is C13H19NO2S. The smallest absolute Gasteiger partial charge is 0.347 e. The molecule has 1 aromatic rings. The van der Waals surface area contributed by atoms with Gasteiger partial charge in [0, 0.05) is 5.92 Å². The maximum absolute atomic E-state index is 11.2. The molecule has 0 spiro atoms. The van der Waals surface area contributed by atoms with E-state index in [1.807, 2.05) is 0 Å². The van der Waals surface area contributed by atoms with Gasteiger partial charge in [-0.2, -0.15) is 0 Å². The molecule has 0 saturated heterocycles. The zero-order chi connectivity index (χ0) is 12.8. The normalized spacial score (nSPS) is 21.8. The van der Waals surface area contributed by atoms with Gasteiger partial charge >= 0.3 is 5.97 Å². The van der Waals surface area contributed by atoms with Gasteiger partial charge in [0.2, 0.25) is 0 Å². The van der Waals surface area contributed by atoms with Crippen molar-refractivity contribution in [3.05, 3.63) is 15.6 Å². The topological polar surface area (TPSA) is 50.2 Å². The van der Waals surface area contributed by atoms with Crippen molar-refractivity contribution in [1.29, 1.82) is 0 Å². The Hall–Kier alpha value is -0.900. The van der Waals surface area contributed by atoms with Crippen LogP contribution in [0, 0.1) is 11.3 Å². The standard InChI is InChI=1S/C13H19NO2S/c1-7(2)5-9-10(12(15)16)17-11(14-9)8-6-13(8,3)4/h7-8H,5-6H2,1-4H3,(H,15,16). The summed E-state index contributed by atoms with van der Waals surface area (Å²) < 4.78 is 0. The number of hydrogen-bond acceptors (Lipinski definition) is 3. The van der Waals surface area contributed by atoms with Gasteiger partial charge in [0.1, 0.15) is 4.88 Å². The number of thiazole rings is 1. The molecular weight excluding hydrogens is 234 g/mol. The molecule has 0 aliphatic heterocycles. The van der Waals surface area contributed by atoms with Gasteiger partial charge in [-0.25, -0.2) is 9.78 Å². The van der Waals surface area contributed by atoms with E-state index in [0.717, 1.165) is 23.5 Å². The minimum Gasteiger partial charge on any atom is -0.477 e. The summed E-state index contributed by atoms with van der Waals surface area (Å²) in [5, 5.41) is 10.2. The van der Waals surface area contributed by atoms with E-state index in [0.29, 0.717) is 22.1 Å². The fourth-order valence-corrected chi connectivity index (χ4v) is 3.34. The van der Waals surface area contributed by atoms with E-state index < -0.39 is 5.97 Å². The number of hydrogen-bond donors (Lipinski definition) is 1. The summed E-state index contributed by atoms with van der Waals surface area (Å²) in [6.45, 7) is 8.60. The minimum absolute atomic E-state index is 0.308. The molecule has 17 heavy (non-hydrogen) atoms. The van der Waals surface area contributed by atoms with Crippen molar-refractivity contribution in [2.45, 2.75) is 46.5 Å². The maximum atomic E-state index is 11.2. The molecule has 4 heteroatoms. The maximum Gasteiger partial charge on any atom is 0.347 e. The lowest BCUT2D eigenvalue weighted by molar-refractivity contribution is 0.0700. The number of nitrogens with zero attached hydrogens (tertiary/aromatic N) is 1. The Kier molecular flexibility index (Phi) is 3.02. The van der Waals surface area contributed by atoms with Crippen molar-refractivity contribution in [3.63, 3.8) is 0 Å². The van der Waals surface area contributed by atoms with E-state index in [4.69, 9.17) is 0 Å². The Morgan fingerprint density at radius 3 is 2.59 bits per heavy atom. The first kappa shape index (κ1) is 12.6. The first-order valence-corrected chi connectivity index (χ1v) is 6.86. The molecule has 1 atom stereocenters. The van der Waals surface area contributed by atoms with Crippen molar-refractivity contribution >= 4 is 17.3 Å².